The Balaban J connectivity index is 2.74. The predicted molar refractivity (Wildman–Crippen MR) is 87.6 cm³/mol. The van der Waals surface area contributed by atoms with Crippen LogP contribution in [0.25, 0.3) is 0 Å². The lowest BCUT2D eigenvalue weighted by atomic mass is 10.1. The highest BCUT2D eigenvalue weighted by Crippen LogP contribution is 2.24. The van der Waals surface area contributed by atoms with Gasteiger partial charge in [-0.15, -0.1) is 0 Å². The molecule has 0 aromatic heterocycles. The molecular weight excluding hydrogens is 270 g/mol. The molecule has 0 saturated heterocycles. The van der Waals surface area contributed by atoms with Crippen LogP contribution in [0.15, 0.2) is 18.2 Å². The molecule has 0 bridgehead atoms. The van der Waals surface area contributed by atoms with Gasteiger partial charge in [-0.3, -0.25) is 0 Å². The second-order valence-corrected chi connectivity index (χ2v) is 6.79. The minimum absolute atomic E-state index is 0.0783. The van der Waals surface area contributed by atoms with E-state index in [0.29, 0.717) is 5.92 Å². The number of hydrogen-bond acceptors (Lipinski definition) is 2. The number of benzene rings is 1. The zero-order chi connectivity index (χ0) is 15.2. The van der Waals surface area contributed by atoms with Gasteiger partial charge >= 0.3 is 0 Å². The third-order valence-corrected chi connectivity index (χ3v) is 3.70. The maximum atomic E-state index is 6.10. The Morgan fingerprint density at radius 1 is 1.20 bits per heavy atom. The normalized spacial score (nSPS) is 11.9. The van der Waals surface area contributed by atoms with E-state index in [4.69, 9.17) is 16.3 Å². The zero-order valence-corrected chi connectivity index (χ0v) is 14.2. The maximum absolute atomic E-state index is 6.10. The number of hydrogen-bond donors (Lipinski definition) is 1. The van der Waals surface area contributed by atoms with E-state index >= 15 is 0 Å². The average molecular weight is 298 g/mol. The summed E-state index contributed by atoms with van der Waals surface area (Å²) in [5.74, 6) is 1.56. The first-order valence-electron chi connectivity index (χ1n) is 7.52. The highest BCUT2D eigenvalue weighted by Gasteiger charge is 2.12. The highest BCUT2D eigenvalue weighted by atomic mass is 35.5. The molecule has 0 spiro atoms. The second kappa shape index (κ2) is 7.90. The molecule has 0 aliphatic carbocycles. The van der Waals surface area contributed by atoms with Gasteiger partial charge in [0.1, 0.15) is 5.75 Å². The maximum Gasteiger partial charge on any atom is 0.123 e. The van der Waals surface area contributed by atoms with Crippen molar-refractivity contribution < 1.29 is 4.74 Å². The summed E-state index contributed by atoms with van der Waals surface area (Å²) >= 11 is 6.10. The molecule has 0 fully saturated rings. The first-order chi connectivity index (χ1) is 9.35. The van der Waals surface area contributed by atoms with Crippen LogP contribution in [0.3, 0.4) is 0 Å². The molecule has 1 aromatic rings. The van der Waals surface area contributed by atoms with Gasteiger partial charge in [0.25, 0.3) is 0 Å². The smallest absolute Gasteiger partial charge is 0.123 e. The quantitative estimate of drug-likeness (QED) is 0.761. The van der Waals surface area contributed by atoms with Gasteiger partial charge in [-0.2, -0.15) is 0 Å². The molecule has 1 N–H and O–H groups in total. The molecule has 1 aromatic carbocycles. The van der Waals surface area contributed by atoms with Crippen LogP contribution in [0.2, 0.25) is 5.02 Å². The van der Waals surface area contributed by atoms with E-state index in [-0.39, 0.29) is 5.54 Å². The molecule has 3 heteroatoms. The monoisotopic (exact) mass is 297 g/mol. The van der Waals surface area contributed by atoms with Crippen LogP contribution in [0, 0.1) is 5.92 Å². The summed E-state index contributed by atoms with van der Waals surface area (Å²) < 4.78 is 6.00. The Kier molecular flexibility index (Phi) is 6.84. The fourth-order valence-electron chi connectivity index (χ4n) is 1.92. The largest absolute Gasteiger partial charge is 0.493 e. The molecule has 0 unspecified atom stereocenters. The van der Waals surface area contributed by atoms with Crippen molar-refractivity contribution in [2.45, 2.75) is 59.5 Å². The summed E-state index contributed by atoms with van der Waals surface area (Å²) in [6.45, 7) is 12.4. The Labute approximate surface area is 128 Å². The standard InChI is InChI=1S/C17H28ClNO/c1-6-13(7-2)12-20-16-9-8-15(18)10-14(16)11-19-17(3,4)5/h8-10,13,19H,6-7,11-12H2,1-5H3. The third-order valence-electron chi connectivity index (χ3n) is 3.46. The summed E-state index contributed by atoms with van der Waals surface area (Å²) in [5.41, 5.74) is 1.20. The summed E-state index contributed by atoms with van der Waals surface area (Å²) in [4.78, 5) is 0. The van der Waals surface area contributed by atoms with E-state index in [0.717, 1.165) is 42.3 Å². The molecule has 0 heterocycles. The topological polar surface area (TPSA) is 21.3 Å². The van der Waals surface area contributed by atoms with E-state index < -0.39 is 0 Å². The van der Waals surface area contributed by atoms with Gasteiger partial charge in [0.2, 0.25) is 0 Å². The molecule has 0 aliphatic heterocycles. The van der Waals surface area contributed by atoms with Gasteiger partial charge in [0.15, 0.2) is 0 Å². The van der Waals surface area contributed by atoms with Crippen molar-refractivity contribution >= 4 is 11.6 Å². The Morgan fingerprint density at radius 2 is 1.85 bits per heavy atom. The van der Waals surface area contributed by atoms with Gasteiger partial charge in [-0.25, -0.2) is 0 Å². The summed E-state index contributed by atoms with van der Waals surface area (Å²) in [5, 5.41) is 4.24. The first kappa shape index (κ1) is 17.3. The average Bonchev–Trinajstić information content (AvgIpc) is 2.38. The van der Waals surface area contributed by atoms with Crippen LogP contribution < -0.4 is 10.1 Å². The minimum atomic E-state index is 0.0783. The molecular formula is C17H28ClNO. The van der Waals surface area contributed by atoms with Crippen molar-refractivity contribution in [1.29, 1.82) is 0 Å². The highest BCUT2D eigenvalue weighted by molar-refractivity contribution is 6.30. The van der Waals surface area contributed by atoms with E-state index in [1.165, 1.54) is 0 Å². The third kappa shape index (κ3) is 6.15. The molecule has 0 atom stereocenters. The Bertz CT molecular complexity index is 408. The summed E-state index contributed by atoms with van der Waals surface area (Å²) in [6, 6.07) is 5.86. The SMILES string of the molecule is CCC(CC)COc1ccc(Cl)cc1CNC(C)(C)C. The van der Waals surface area contributed by atoms with Crippen LogP contribution in [0.1, 0.15) is 53.0 Å². The van der Waals surface area contributed by atoms with Gasteiger partial charge in [0.05, 0.1) is 6.61 Å². The molecule has 114 valence electrons. The van der Waals surface area contributed by atoms with E-state index in [1.54, 1.807) is 0 Å². The predicted octanol–water partition coefficient (Wildman–Crippen LogP) is 5.04. The van der Waals surface area contributed by atoms with E-state index in [1.807, 2.05) is 18.2 Å². The molecule has 0 amide bonds. The lowest BCUT2D eigenvalue weighted by Crippen LogP contribution is -2.35. The van der Waals surface area contributed by atoms with Gasteiger partial charge in [-0.05, 0) is 44.9 Å². The first-order valence-corrected chi connectivity index (χ1v) is 7.89. The van der Waals surface area contributed by atoms with Crippen LogP contribution >= 0.6 is 11.6 Å². The van der Waals surface area contributed by atoms with Crippen molar-refractivity contribution in [2.24, 2.45) is 5.92 Å². The number of nitrogens with one attached hydrogen (secondary N) is 1. The van der Waals surface area contributed by atoms with Gasteiger partial charge < -0.3 is 10.1 Å². The van der Waals surface area contributed by atoms with Crippen LogP contribution in [-0.4, -0.2) is 12.1 Å². The summed E-state index contributed by atoms with van der Waals surface area (Å²) in [6.07, 6.45) is 2.30. The summed E-state index contributed by atoms with van der Waals surface area (Å²) in [7, 11) is 0. The van der Waals surface area contributed by atoms with Gasteiger partial charge in [-0.1, -0.05) is 38.3 Å². The molecule has 0 aliphatic rings. The number of ether oxygens (including phenoxy) is 1. The molecule has 0 radical (unpaired) electrons. The van der Waals surface area contributed by atoms with E-state index in [2.05, 4.69) is 39.9 Å². The van der Waals surface area contributed by atoms with Gasteiger partial charge in [0, 0.05) is 22.7 Å². The lowest BCUT2D eigenvalue weighted by Gasteiger charge is -2.22. The van der Waals surface area contributed by atoms with Crippen LogP contribution in [-0.2, 0) is 6.54 Å². The Hall–Kier alpha value is -0.730. The Morgan fingerprint density at radius 3 is 2.40 bits per heavy atom. The van der Waals surface area contributed by atoms with Crippen molar-refractivity contribution in [3.05, 3.63) is 28.8 Å². The lowest BCUT2D eigenvalue weighted by molar-refractivity contribution is 0.237. The second-order valence-electron chi connectivity index (χ2n) is 6.35. The van der Waals surface area contributed by atoms with Crippen LogP contribution in [0.4, 0.5) is 0 Å². The zero-order valence-electron chi connectivity index (χ0n) is 13.4. The van der Waals surface area contributed by atoms with E-state index in [9.17, 15) is 0 Å². The fraction of sp³-hybridized carbons (Fsp3) is 0.647. The fourth-order valence-corrected chi connectivity index (χ4v) is 2.11. The molecule has 1 rings (SSSR count). The van der Waals surface area contributed by atoms with Crippen LogP contribution in [0.5, 0.6) is 5.75 Å². The number of rotatable bonds is 7. The molecule has 20 heavy (non-hydrogen) atoms. The molecule has 0 saturated carbocycles. The molecule has 2 nitrogen and oxygen atoms in total. The van der Waals surface area contributed by atoms with Crippen molar-refractivity contribution in [1.82, 2.24) is 5.32 Å². The minimum Gasteiger partial charge on any atom is -0.493 e. The van der Waals surface area contributed by atoms with Crippen molar-refractivity contribution in [3.8, 4) is 5.75 Å². The van der Waals surface area contributed by atoms with Crippen molar-refractivity contribution in [3.63, 3.8) is 0 Å². The number of halogens is 1. The van der Waals surface area contributed by atoms with Crippen molar-refractivity contribution in [2.75, 3.05) is 6.61 Å².